The lowest BCUT2D eigenvalue weighted by atomic mass is 10.1. The molecular weight excluding hydrogens is 330 g/mol. The average molecular weight is 351 g/mol. The first kappa shape index (κ1) is 18.2. The van der Waals surface area contributed by atoms with Gasteiger partial charge in [0.1, 0.15) is 10.6 Å². The van der Waals surface area contributed by atoms with Crippen molar-refractivity contribution in [2.24, 2.45) is 0 Å². The average Bonchev–Trinajstić information content (AvgIpc) is 2.87. The lowest BCUT2D eigenvalue weighted by Crippen LogP contribution is -2.28. The molecule has 0 aliphatic carbocycles. The molecule has 0 saturated heterocycles. The predicted molar refractivity (Wildman–Crippen MR) is 90.2 cm³/mol. The molecule has 0 aliphatic heterocycles. The largest absolute Gasteiger partial charge is 0.360 e. The highest BCUT2D eigenvalue weighted by Gasteiger charge is 2.23. The van der Waals surface area contributed by atoms with E-state index in [1.165, 1.54) is 12.5 Å². The van der Waals surface area contributed by atoms with E-state index in [2.05, 4.69) is 22.1 Å². The maximum absolute atomic E-state index is 12.2. The highest BCUT2D eigenvalue weighted by molar-refractivity contribution is 7.89. The number of aryl methyl sites for hydroxylation is 3. The molecule has 1 heterocycles. The number of sulfonamides is 1. The van der Waals surface area contributed by atoms with Crippen LogP contribution in [-0.4, -0.2) is 26.0 Å². The summed E-state index contributed by atoms with van der Waals surface area (Å²) < 4.78 is 31.7. The number of amides is 1. The molecule has 0 radical (unpaired) electrons. The molecule has 7 nitrogen and oxygen atoms in total. The Kier molecular flexibility index (Phi) is 5.74. The number of nitrogens with one attached hydrogen (secondary N) is 2. The van der Waals surface area contributed by atoms with Gasteiger partial charge in [-0.3, -0.25) is 4.79 Å². The van der Waals surface area contributed by atoms with Crippen LogP contribution in [0.15, 0.2) is 33.7 Å². The zero-order valence-corrected chi connectivity index (χ0v) is 14.7. The predicted octanol–water partition coefficient (Wildman–Crippen LogP) is 2.16. The van der Waals surface area contributed by atoms with Crippen LogP contribution in [0.1, 0.15) is 30.4 Å². The fourth-order valence-corrected chi connectivity index (χ4v) is 3.63. The number of hydrogen-bond donors (Lipinski definition) is 2. The first-order valence-electron chi connectivity index (χ1n) is 7.65. The fourth-order valence-electron chi connectivity index (χ4n) is 2.28. The summed E-state index contributed by atoms with van der Waals surface area (Å²) in [6, 6.07) is 7.53. The van der Waals surface area contributed by atoms with Crippen LogP contribution in [0.4, 0.5) is 5.69 Å². The second-order valence-corrected chi connectivity index (χ2v) is 7.10. The molecule has 8 heteroatoms. The first-order valence-corrected chi connectivity index (χ1v) is 9.13. The highest BCUT2D eigenvalue weighted by atomic mass is 32.2. The van der Waals surface area contributed by atoms with E-state index in [1.54, 1.807) is 6.92 Å². The van der Waals surface area contributed by atoms with E-state index in [0.717, 1.165) is 6.42 Å². The van der Waals surface area contributed by atoms with Crippen molar-refractivity contribution in [1.29, 1.82) is 0 Å². The van der Waals surface area contributed by atoms with E-state index < -0.39 is 10.0 Å². The summed E-state index contributed by atoms with van der Waals surface area (Å²) in [5, 5.41) is 6.35. The van der Waals surface area contributed by atoms with E-state index in [1.807, 2.05) is 24.3 Å². The van der Waals surface area contributed by atoms with Crippen LogP contribution < -0.4 is 10.0 Å². The molecule has 1 amide bonds. The molecule has 0 aliphatic rings. The van der Waals surface area contributed by atoms with Crippen LogP contribution in [0, 0.1) is 13.8 Å². The van der Waals surface area contributed by atoms with Gasteiger partial charge in [0, 0.05) is 18.7 Å². The summed E-state index contributed by atoms with van der Waals surface area (Å²) in [6.45, 7) is 5.13. The number of rotatable bonds is 7. The van der Waals surface area contributed by atoms with Gasteiger partial charge in [-0.1, -0.05) is 24.2 Å². The Balaban J connectivity index is 1.88. The Morgan fingerprint density at radius 3 is 2.42 bits per heavy atom. The van der Waals surface area contributed by atoms with E-state index in [9.17, 15) is 13.2 Å². The van der Waals surface area contributed by atoms with Gasteiger partial charge in [0.15, 0.2) is 5.76 Å². The molecule has 0 saturated carbocycles. The smallest absolute Gasteiger partial charge is 0.245 e. The number of anilines is 1. The molecule has 2 N–H and O–H groups in total. The van der Waals surface area contributed by atoms with E-state index in [0.29, 0.717) is 11.4 Å². The van der Waals surface area contributed by atoms with Crippen molar-refractivity contribution in [3.05, 3.63) is 41.3 Å². The van der Waals surface area contributed by atoms with Gasteiger partial charge >= 0.3 is 0 Å². The van der Waals surface area contributed by atoms with Gasteiger partial charge in [-0.2, -0.15) is 0 Å². The molecule has 1 aromatic heterocycles. The van der Waals surface area contributed by atoms with Gasteiger partial charge in [-0.25, -0.2) is 13.1 Å². The van der Waals surface area contributed by atoms with Crippen molar-refractivity contribution in [3.8, 4) is 0 Å². The van der Waals surface area contributed by atoms with E-state index >= 15 is 0 Å². The number of carbonyl (C=O) groups is 1. The number of carbonyl (C=O) groups excluding carboxylic acids is 1. The minimum absolute atomic E-state index is 0.00866. The van der Waals surface area contributed by atoms with Crippen molar-refractivity contribution in [2.45, 2.75) is 38.5 Å². The monoisotopic (exact) mass is 351 g/mol. The number of hydrogen-bond acceptors (Lipinski definition) is 5. The quantitative estimate of drug-likeness (QED) is 0.796. The summed E-state index contributed by atoms with van der Waals surface area (Å²) in [5.74, 6) is -0.0406. The Labute approximate surface area is 141 Å². The molecule has 1 aromatic carbocycles. The summed E-state index contributed by atoms with van der Waals surface area (Å²) in [7, 11) is -3.74. The standard InChI is InChI=1S/C16H21N3O4S/c1-4-13-5-7-14(8-6-13)18-15(20)9-10-17-24(21,22)16-11(2)19-23-12(16)3/h5-8,17H,4,9-10H2,1-3H3,(H,18,20). The number of aromatic nitrogens is 1. The normalized spacial score (nSPS) is 11.5. The third-order valence-electron chi connectivity index (χ3n) is 3.53. The van der Waals surface area contributed by atoms with Crippen molar-refractivity contribution >= 4 is 21.6 Å². The molecule has 2 rings (SSSR count). The van der Waals surface area contributed by atoms with Crippen LogP contribution in [-0.2, 0) is 21.2 Å². The molecule has 0 fully saturated rings. The van der Waals surface area contributed by atoms with Crippen molar-refractivity contribution in [1.82, 2.24) is 9.88 Å². The lowest BCUT2D eigenvalue weighted by molar-refractivity contribution is -0.116. The summed E-state index contributed by atoms with van der Waals surface area (Å²) in [5.41, 5.74) is 2.16. The van der Waals surface area contributed by atoms with Gasteiger partial charge < -0.3 is 9.84 Å². The van der Waals surface area contributed by atoms with Gasteiger partial charge in [0.25, 0.3) is 0 Å². The van der Waals surface area contributed by atoms with Crippen LogP contribution in [0.3, 0.4) is 0 Å². The minimum Gasteiger partial charge on any atom is -0.360 e. The third-order valence-corrected chi connectivity index (χ3v) is 5.23. The molecule has 0 atom stereocenters. The van der Waals surface area contributed by atoms with Crippen LogP contribution in [0.25, 0.3) is 0 Å². The van der Waals surface area contributed by atoms with Crippen molar-refractivity contribution in [2.75, 3.05) is 11.9 Å². The zero-order chi connectivity index (χ0) is 17.7. The topological polar surface area (TPSA) is 101 Å². The number of benzene rings is 1. The first-order chi connectivity index (χ1) is 11.3. The Bertz CT molecular complexity index is 791. The second kappa shape index (κ2) is 7.59. The fraction of sp³-hybridized carbons (Fsp3) is 0.375. The van der Waals surface area contributed by atoms with E-state index in [4.69, 9.17) is 4.52 Å². The van der Waals surface area contributed by atoms with Crippen LogP contribution in [0.2, 0.25) is 0 Å². The summed E-state index contributed by atoms with van der Waals surface area (Å²) >= 11 is 0. The summed E-state index contributed by atoms with van der Waals surface area (Å²) in [4.78, 5) is 11.9. The maximum Gasteiger partial charge on any atom is 0.245 e. The van der Waals surface area contributed by atoms with Gasteiger partial charge in [-0.15, -0.1) is 0 Å². The van der Waals surface area contributed by atoms with Gasteiger partial charge in [-0.05, 0) is 38.0 Å². The molecule has 0 bridgehead atoms. The Morgan fingerprint density at radius 2 is 1.88 bits per heavy atom. The highest BCUT2D eigenvalue weighted by Crippen LogP contribution is 2.18. The molecule has 130 valence electrons. The maximum atomic E-state index is 12.2. The SMILES string of the molecule is CCc1ccc(NC(=O)CCNS(=O)(=O)c2c(C)noc2C)cc1. The number of nitrogens with zero attached hydrogens (tertiary/aromatic N) is 1. The zero-order valence-electron chi connectivity index (χ0n) is 13.9. The Hall–Kier alpha value is -2.19. The van der Waals surface area contributed by atoms with E-state index in [-0.39, 0.29) is 29.5 Å². The molecule has 24 heavy (non-hydrogen) atoms. The van der Waals surface area contributed by atoms with Crippen LogP contribution in [0.5, 0.6) is 0 Å². The summed E-state index contributed by atoms with van der Waals surface area (Å²) in [6.07, 6.45) is 0.954. The Morgan fingerprint density at radius 1 is 1.21 bits per heavy atom. The van der Waals surface area contributed by atoms with Gasteiger partial charge in [0.2, 0.25) is 15.9 Å². The molecule has 2 aromatic rings. The minimum atomic E-state index is -3.74. The van der Waals surface area contributed by atoms with Gasteiger partial charge in [0.05, 0.1) is 0 Å². The molecule has 0 unspecified atom stereocenters. The second-order valence-electron chi connectivity index (χ2n) is 5.40. The van der Waals surface area contributed by atoms with Crippen molar-refractivity contribution in [3.63, 3.8) is 0 Å². The van der Waals surface area contributed by atoms with Crippen molar-refractivity contribution < 1.29 is 17.7 Å². The van der Waals surface area contributed by atoms with Crippen LogP contribution >= 0.6 is 0 Å². The molecule has 0 spiro atoms. The lowest BCUT2D eigenvalue weighted by Gasteiger charge is -2.08. The third kappa shape index (κ3) is 4.42. The molecular formula is C16H21N3O4S.